The number of aromatic amines is 1. The minimum Gasteiger partial charge on any atom is -0.370 e. The summed E-state index contributed by atoms with van der Waals surface area (Å²) >= 11 is 0. The lowest BCUT2D eigenvalue weighted by Crippen LogP contribution is -2.23. The van der Waals surface area contributed by atoms with E-state index in [0.717, 1.165) is 30.0 Å². The molecule has 6 heteroatoms. The third-order valence-corrected chi connectivity index (χ3v) is 4.56. The molecule has 3 aromatic heterocycles. The number of carbonyl (C=O) groups is 1. The van der Waals surface area contributed by atoms with Crippen LogP contribution in [0.15, 0.2) is 73.2 Å². The summed E-state index contributed by atoms with van der Waals surface area (Å²) in [6.07, 6.45) is 6.23. The van der Waals surface area contributed by atoms with Gasteiger partial charge in [0.1, 0.15) is 5.82 Å². The summed E-state index contributed by atoms with van der Waals surface area (Å²) in [4.78, 5) is 24.0. The van der Waals surface area contributed by atoms with E-state index >= 15 is 0 Å². The molecule has 0 saturated carbocycles. The number of aromatic nitrogens is 3. The van der Waals surface area contributed by atoms with Crippen LogP contribution in [0.25, 0.3) is 10.9 Å². The zero-order chi connectivity index (χ0) is 19.2. The van der Waals surface area contributed by atoms with Crippen LogP contribution in [-0.2, 0) is 13.0 Å². The van der Waals surface area contributed by atoms with E-state index in [9.17, 15) is 4.79 Å². The molecule has 140 valence electrons. The predicted molar refractivity (Wildman–Crippen MR) is 110 cm³/mol. The summed E-state index contributed by atoms with van der Waals surface area (Å²) in [5.41, 5.74) is 3.77. The SMILES string of the molecule is O=C(NCc1ccccn1)c1ccc(NCCc2c[nH]c3ccccc23)nc1. The second kappa shape index (κ2) is 8.35. The van der Waals surface area contributed by atoms with Crippen LogP contribution in [0.3, 0.4) is 0 Å². The summed E-state index contributed by atoms with van der Waals surface area (Å²) in [6.45, 7) is 1.16. The Labute approximate surface area is 163 Å². The highest BCUT2D eigenvalue weighted by atomic mass is 16.1. The van der Waals surface area contributed by atoms with Crippen LogP contribution in [0.4, 0.5) is 5.82 Å². The molecule has 0 fully saturated rings. The van der Waals surface area contributed by atoms with E-state index < -0.39 is 0 Å². The summed E-state index contributed by atoms with van der Waals surface area (Å²) in [5, 5.41) is 7.40. The first-order chi connectivity index (χ1) is 13.8. The molecule has 0 radical (unpaired) electrons. The molecule has 3 heterocycles. The lowest BCUT2D eigenvalue weighted by Gasteiger charge is -2.07. The highest BCUT2D eigenvalue weighted by molar-refractivity contribution is 5.94. The molecular formula is C22H21N5O. The highest BCUT2D eigenvalue weighted by Crippen LogP contribution is 2.18. The number of nitrogens with one attached hydrogen (secondary N) is 3. The number of rotatable bonds is 7. The van der Waals surface area contributed by atoms with Crippen LogP contribution in [0.2, 0.25) is 0 Å². The molecule has 0 bridgehead atoms. The maximum Gasteiger partial charge on any atom is 0.253 e. The number of carbonyl (C=O) groups excluding carboxylic acids is 1. The van der Waals surface area contributed by atoms with Gasteiger partial charge in [-0.2, -0.15) is 0 Å². The molecular weight excluding hydrogens is 350 g/mol. The van der Waals surface area contributed by atoms with E-state index in [-0.39, 0.29) is 5.91 Å². The van der Waals surface area contributed by atoms with Gasteiger partial charge in [0.2, 0.25) is 0 Å². The number of pyridine rings is 2. The van der Waals surface area contributed by atoms with Gasteiger partial charge in [-0.3, -0.25) is 9.78 Å². The lowest BCUT2D eigenvalue weighted by atomic mass is 10.1. The van der Waals surface area contributed by atoms with Crippen LogP contribution in [0, 0.1) is 0 Å². The zero-order valence-corrected chi connectivity index (χ0v) is 15.4. The molecule has 0 unspecified atom stereocenters. The molecule has 0 atom stereocenters. The van der Waals surface area contributed by atoms with Gasteiger partial charge in [0.25, 0.3) is 5.91 Å². The third kappa shape index (κ3) is 4.17. The van der Waals surface area contributed by atoms with Gasteiger partial charge in [-0.1, -0.05) is 24.3 Å². The monoisotopic (exact) mass is 371 g/mol. The number of amides is 1. The first-order valence-electron chi connectivity index (χ1n) is 9.22. The van der Waals surface area contributed by atoms with Crippen molar-refractivity contribution in [3.8, 4) is 0 Å². The van der Waals surface area contributed by atoms with Gasteiger partial charge in [-0.25, -0.2) is 4.98 Å². The van der Waals surface area contributed by atoms with Gasteiger partial charge in [0.05, 0.1) is 17.8 Å². The quantitative estimate of drug-likeness (QED) is 0.464. The van der Waals surface area contributed by atoms with E-state index in [1.807, 2.05) is 36.4 Å². The topological polar surface area (TPSA) is 82.7 Å². The Morgan fingerprint density at radius 2 is 1.89 bits per heavy atom. The highest BCUT2D eigenvalue weighted by Gasteiger charge is 2.07. The smallest absolute Gasteiger partial charge is 0.253 e. The first kappa shape index (κ1) is 17.7. The second-order valence-corrected chi connectivity index (χ2v) is 6.47. The molecule has 0 saturated heterocycles. The Morgan fingerprint density at radius 3 is 2.71 bits per heavy atom. The molecule has 4 rings (SSSR count). The maximum atomic E-state index is 12.2. The number of anilines is 1. The van der Waals surface area contributed by atoms with Crippen molar-refractivity contribution in [2.45, 2.75) is 13.0 Å². The third-order valence-electron chi connectivity index (χ3n) is 4.56. The average molecular weight is 371 g/mol. The van der Waals surface area contributed by atoms with E-state index in [0.29, 0.717) is 12.1 Å². The predicted octanol–water partition coefficient (Wildman–Crippen LogP) is 3.54. The molecule has 4 aromatic rings. The minimum atomic E-state index is -0.163. The molecule has 0 aliphatic rings. The van der Waals surface area contributed by atoms with Crippen LogP contribution in [-0.4, -0.2) is 27.4 Å². The Kier molecular flexibility index (Phi) is 5.29. The first-order valence-corrected chi connectivity index (χ1v) is 9.22. The summed E-state index contributed by atoms with van der Waals surface area (Å²) in [6, 6.07) is 17.5. The normalized spacial score (nSPS) is 10.7. The van der Waals surface area contributed by atoms with Gasteiger partial charge in [-0.05, 0) is 42.3 Å². The molecule has 28 heavy (non-hydrogen) atoms. The summed E-state index contributed by atoms with van der Waals surface area (Å²) in [5.74, 6) is 0.588. The van der Waals surface area contributed by atoms with Crippen molar-refractivity contribution in [3.05, 3.63) is 90.0 Å². The van der Waals surface area contributed by atoms with E-state index in [1.54, 1.807) is 18.5 Å². The van der Waals surface area contributed by atoms with Crippen molar-refractivity contribution in [2.24, 2.45) is 0 Å². The fourth-order valence-corrected chi connectivity index (χ4v) is 3.07. The molecule has 3 N–H and O–H groups in total. The lowest BCUT2D eigenvalue weighted by molar-refractivity contribution is 0.0950. The molecule has 0 aliphatic carbocycles. The Morgan fingerprint density at radius 1 is 1.00 bits per heavy atom. The number of nitrogens with zero attached hydrogens (tertiary/aromatic N) is 2. The fourth-order valence-electron chi connectivity index (χ4n) is 3.07. The number of H-pyrrole nitrogens is 1. The van der Waals surface area contributed by atoms with Crippen molar-refractivity contribution in [2.75, 3.05) is 11.9 Å². The van der Waals surface area contributed by atoms with Crippen molar-refractivity contribution in [3.63, 3.8) is 0 Å². The molecule has 1 aromatic carbocycles. The second-order valence-electron chi connectivity index (χ2n) is 6.47. The van der Waals surface area contributed by atoms with Crippen LogP contribution >= 0.6 is 0 Å². The molecule has 6 nitrogen and oxygen atoms in total. The zero-order valence-electron chi connectivity index (χ0n) is 15.4. The summed E-state index contributed by atoms with van der Waals surface area (Å²) < 4.78 is 0. The van der Waals surface area contributed by atoms with Gasteiger partial charge in [0, 0.05) is 36.0 Å². The maximum absolute atomic E-state index is 12.2. The van der Waals surface area contributed by atoms with Crippen molar-refractivity contribution < 1.29 is 4.79 Å². The summed E-state index contributed by atoms with van der Waals surface area (Å²) in [7, 11) is 0. The van der Waals surface area contributed by atoms with Gasteiger partial charge < -0.3 is 15.6 Å². The largest absolute Gasteiger partial charge is 0.370 e. The van der Waals surface area contributed by atoms with Gasteiger partial charge >= 0.3 is 0 Å². The number of fused-ring (bicyclic) bond motifs is 1. The van der Waals surface area contributed by atoms with Crippen molar-refractivity contribution in [1.29, 1.82) is 0 Å². The minimum absolute atomic E-state index is 0.163. The van der Waals surface area contributed by atoms with Crippen LogP contribution in [0.5, 0.6) is 0 Å². The number of para-hydroxylation sites is 1. The van der Waals surface area contributed by atoms with Gasteiger partial charge in [0.15, 0.2) is 0 Å². The number of hydrogen-bond acceptors (Lipinski definition) is 4. The van der Waals surface area contributed by atoms with Gasteiger partial charge in [-0.15, -0.1) is 0 Å². The van der Waals surface area contributed by atoms with Crippen molar-refractivity contribution >= 4 is 22.6 Å². The Hall–Kier alpha value is -3.67. The standard InChI is InChI=1S/C22H21N5O/c28-22(27-15-18-5-3-4-11-23-18)17-8-9-21(26-14-17)24-12-10-16-13-25-20-7-2-1-6-19(16)20/h1-9,11,13-14,25H,10,12,15H2,(H,24,26)(H,27,28). The van der Waals surface area contributed by atoms with E-state index in [1.165, 1.54) is 10.9 Å². The molecule has 1 amide bonds. The average Bonchev–Trinajstić information content (AvgIpc) is 3.16. The number of benzene rings is 1. The van der Waals surface area contributed by atoms with Crippen LogP contribution < -0.4 is 10.6 Å². The van der Waals surface area contributed by atoms with E-state index in [4.69, 9.17) is 0 Å². The Bertz CT molecular complexity index is 1060. The fraction of sp³-hybridized carbons (Fsp3) is 0.136. The van der Waals surface area contributed by atoms with Crippen molar-refractivity contribution in [1.82, 2.24) is 20.3 Å². The number of hydrogen-bond donors (Lipinski definition) is 3. The van der Waals surface area contributed by atoms with E-state index in [2.05, 4.69) is 43.9 Å². The Balaban J connectivity index is 1.29. The molecule has 0 spiro atoms. The van der Waals surface area contributed by atoms with Crippen LogP contribution in [0.1, 0.15) is 21.6 Å². The molecule has 0 aliphatic heterocycles.